The lowest BCUT2D eigenvalue weighted by atomic mass is 10.0. The lowest BCUT2D eigenvalue weighted by Gasteiger charge is -2.05. The number of hydrogen-bond donors (Lipinski definition) is 0. The third-order valence-electron chi connectivity index (χ3n) is 3.56. The van der Waals surface area contributed by atoms with Crippen LogP contribution >= 0.6 is 0 Å². The molecule has 1 aromatic carbocycles. The highest BCUT2D eigenvalue weighted by Crippen LogP contribution is 2.13. The van der Waals surface area contributed by atoms with Crippen LogP contribution in [0.5, 0.6) is 0 Å². The van der Waals surface area contributed by atoms with E-state index in [1.165, 1.54) is 17.3 Å². The first-order valence-electron chi connectivity index (χ1n) is 9.17. The topological polar surface area (TPSA) is 25.2 Å². The Balaban J connectivity index is 0.00000163. The number of aliphatic imine (C=N–C) groups is 1. The summed E-state index contributed by atoms with van der Waals surface area (Å²) in [6.07, 6.45) is 10.3. The van der Waals surface area contributed by atoms with Gasteiger partial charge < -0.3 is 0 Å². The molecule has 0 unspecified atom stereocenters. The van der Waals surface area contributed by atoms with Gasteiger partial charge in [0.15, 0.2) is 0 Å². The van der Waals surface area contributed by atoms with E-state index in [0.717, 1.165) is 23.4 Å². The van der Waals surface area contributed by atoms with Gasteiger partial charge in [-0.3, -0.25) is 9.98 Å². The van der Waals surface area contributed by atoms with Gasteiger partial charge in [0.2, 0.25) is 0 Å². The molecule has 0 saturated heterocycles. The Labute approximate surface area is 158 Å². The monoisotopic (exact) mass is 346 g/mol. The van der Waals surface area contributed by atoms with Crippen molar-refractivity contribution < 1.29 is 0 Å². The van der Waals surface area contributed by atoms with Gasteiger partial charge in [-0.2, -0.15) is 0 Å². The molecule has 0 N–H and O–H groups in total. The molecule has 2 nitrogen and oxygen atoms in total. The molecule has 1 aromatic heterocycles. The van der Waals surface area contributed by atoms with Crippen LogP contribution in [0, 0.1) is 5.92 Å². The van der Waals surface area contributed by atoms with Crippen LogP contribution in [0.25, 0.3) is 12.2 Å². The molecule has 0 radical (unpaired) electrons. The first-order chi connectivity index (χ1) is 12.6. The summed E-state index contributed by atoms with van der Waals surface area (Å²) in [5.41, 5.74) is 5.15. The van der Waals surface area contributed by atoms with Gasteiger partial charge in [-0.05, 0) is 47.2 Å². The van der Waals surface area contributed by atoms with Crippen molar-refractivity contribution in [2.75, 3.05) is 0 Å². The zero-order chi connectivity index (χ0) is 19.4. The standard InChI is InChI=1S/C22H24N2.C2H6/c1-5-21(23-6-2)22-16-20(13-14-24-22)12-9-18-7-10-19(11-8-18)15-17(3)4;1-2/h5-14,16-17H,1-2,15H2,3-4H3;1-2H3/b12-9-,23-21?;. The third kappa shape index (κ3) is 7.02. The lowest BCUT2D eigenvalue weighted by molar-refractivity contribution is 0.647. The van der Waals surface area contributed by atoms with E-state index in [1.54, 1.807) is 12.3 Å². The van der Waals surface area contributed by atoms with E-state index >= 15 is 0 Å². The molecular weight excluding hydrogens is 316 g/mol. The molecule has 0 saturated carbocycles. The number of benzene rings is 1. The molecule has 0 fully saturated rings. The van der Waals surface area contributed by atoms with E-state index in [4.69, 9.17) is 0 Å². The number of hydrogen-bond acceptors (Lipinski definition) is 2. The van der Waals surface area contributed by atoms with Gasteiger partial charge in [-0.25, -0.2) is 0 Å². The Morgan fingerprint density at radius 3 is 2.27 bits per heavy atom. The van der Waals surface area contributed by atoms with Gasteiger partial charge in [0.25, 0.3) is 0 Å². The minimum absolute atomic E-state index is 0.679. The molecule has 2 heteroatoms. The first kappa shape index (κ1) is 21.3. The quantitative estimate of drug-likeness (QED) is 0.519. The van der Waals surface area contributed by atoms with Crippen LogP contribution < -0.4 is 0 Å². The van der Waals surface area contributed by atoms with Crippen LogP contribution in [0.1, 0.15) is 50.1 Å². The van der Waals surface area contributed by atoms with Crippen molar-refractivity contribution >= 4 is 17.9 Å². The highest BCUT2D eigenvalue weighted by atomic mass is 14.8. The molecule has 1 heterocycles. The molecular formula is C24H30N2. The van der Waals surface area contributed by atoms with E-state index in [0.29, 0.717) is 5.92 Å². The maximum absolute atomic E-state index is 4.34. The van der Waals surface area contributed by atoms with E-state index in [1.807, 2.05) is 26.0 Å². The lowest BCUT2D eigenvalue weighted by Crippen LogP contribution is -1.99. The largest absolute Gasteiger partial charge is 0.255 e. The van der Waals surface area contributed by atoms with Crippen molar-refractivity contribution in [2.24, 2.45) is 10.9 Å². The van der Waals surface area contributed by atoms with Crippen molar-refractivity contribution in [1.82, 2.24) is 4.98 Å². The maximum Gasteiger partial charge on any atom is 0.0891 e. The van der Waals surface area contributed by atoms with Crippen molar-refractivity contribution in [3.8, 4) is 0 Å². The molecule has 136 valence electrons. The van der Waals surface area contributed by atoms with Crippen LogP contribution in [-0.4, -0.2) is 10.7 Å². The van der Waals surface area contributed by atoms with Gasteiger partial charge in [-0.1, -0.05) is 77.3 Å². The normalized spacial score (nSPS) is 11.2. The van der Waals surface area contributed by atoms with Gasteiger partial charge in [-0.15, -0.1) is 0 Å². The predicted octanol–water partition coefficient (Wildman–Crippen LogP) is 6.60. The number of aromatic nitrogens is 1. The second-order valence-corrected chi connectivity index (χ2v) is 6.05. The fourth-order valence-electron chi connectivity index (χ4n) is 2.44. The Hall–Kier alpha value is -2.74. The summed E-state index contributed by atoms with van der Waals surface area (Å²) in [6, 6.07) is 12.7. The fraction of sp³-hybridized carbons (Fsp3) is 0.250. The van der Waals surface area contributed by atoms with Crippen LogP contribution in [0.3, 0.4) is 0 Å². The number of allylic oxidation sites excluding steroid dienone is 1. The second kappa shape index (κ2) is 11.8. The van der Waals surface area contributed by atoms with E-state index in [2.05, 4.69) is 73.4 Å². The highest BCUT2D eigenvalue weighted by Gasteiger charge is 2.01. The fourth-order valence-corrected chi connectivity index (χ4v) is 2.44. The second-order valence-electron chi connectivity index (χ2n) is 6.05. The maximum atomic E-state index is 4.34. The SMILES string of the molecule is C=CN=C(C=C)c1cc(/C=C\c2ccc(CC(C)C)cc2)ccn1.CC. The molecule has 0 aliphatic carbocycles. The number of rotatable bonds is 7. The molecule has 0 aliphatic heterocycles. The zero-order valence-electron chi connectivity index (χ0n) is 16.4. The molecule has 0 aliphatic rings. The van der Waals surface area contributed by atoms with Gasteiger partial charge in [0.05, 0.1) is 11.4 Å². The average molecular weight is 347 g/mol. The summed E-state index contributed by atoms with van der Waals surface area (Å²) in [5.74, 6) is 0.679. The smallest absolute Gasteiger partial charge is 0.0891 e. The Morgan fingerprint density at radius 1 is 1.04 bits per heavy atom. The first-order valence-corrected chi connectivity index (χ1v) is 9.17. The van der Waals surface area contributed by atoms with E-state index in [9.17, 15) is 0 Å². The van der Waals surface area contributed by atoms with E-state index in [-0.39, 0.29) is 0 Å². The summed E-state index contributed by atoms with van der Waals surface area (Å²) in [4.78, 5) is 8.52. The molecule has 26 heavy (non-hydrogen) atoms. The number of nitrogens with zero attached hydrogens (tertiary/aromatic N) is 2. The summed E-state index contributed by atoms with van der Waals surface area (Å²) < 4.78 is 0. The average Bonchev–Trinajstić information content (AvgIpc) is 2.67. The Kier molecular flexibility index (Phi) is 9.63. The van der Waals surface area contributed by atoms with Crippen molar-refractivity contribution in [1.29, 1.82) is 0 Å². The van der Waals surface area contributed by atoms with Gasteiger partial charge in [0, 0.05) is 12.4 Å². The molecule has 0 atom stereocenters. The minimum atomic E-state index is 0.679. The van der Waals surface area contributed by atoms with Crippen molar-refractivity contribution in [3.63, 3.8) is 0 Å². The Morgan fingerprint density at radius 2 is 1.69 bits per heavy atom. The summed E-state index contributed by atoms with van der Waals surface area (Å²) >= 11 is 0. The van der Waals surface area contributed by atoms with E-state index < -0.39 is 0 Å². The van der Waals surface area contributed by atoms with Crippen LogP contribution in [0.15, 0.2) is 73.0 Å². The minimum Gasteiger partial charge on any atom is -0.255 e. The summed E-state index contributed by atoms with van der Waals surface area (Å²) in [5, 5.41) is 0. The molecule has 2 aromatic rings. The van der Waals surface area contributed by atoms with Gasteiger partial charge >= 0.3 is 0 Å². The summed E-state index contributed by atoms with van der Waals surface area (Å²) in [7, 11) is 0. The molecule has 2 rings (SSSR count). The number of pyridine rings is 1. The third-order valence-corrected chi connectivity index (χ3v) is 3.56. The molecule has 0 bridgehead atoms. The summed E-state index contributed by atoms with van der Waals surface area (Å²) in [6.45, 7) is 15.9. The van der Waals surface area contributed by atoms with Crippen LogP contribution in [-0.2, 0) is 6.42 Å². The van der Waals surface area contributed by atoms with Gasteiger partial charge in [0.1, 0.15) is 0 Å². The van der Waals surface area contributed by atoms with Crippen LogP contribution in [0.4, 0.5) is 0 Å². The molecule has 0 spiro atoms. The zero-order valence-corrected chi connectivity index (χ0v) is 16.4. The predicted molar refractivity (Wildman–Crippen MR) is 116 cm³/mol. The van der Waals surface area contributed by atoms with Crippen LogP contribution in [0.2, 0.25) is 0 Å². The highest BCUT2D eigenvalue weighted by molar-refractivity contribution is 6.07. The van der Waals surface area contributed by atoms with Crippen molar-refractivity contribution in [3.05, 3.63) is 90.4 Å². The van der Waals surface area contributed by atoms with Crippen molar-refractivity contribution in [2.45, 2.75) is 34.1 Å². The molecule has 0 amide bonds. The Bertz CT molecular complexity index is 750.